The topological polar surface area (TPSA) is 66.5 Å². The van der Waals surface area contributed by atoms with Crippen molar-refractivity contribution >= 4 is 46.6 Å². The van der Waals surface area contributed by atoms with E-state index in [-0.39, 0.29) is 42.5 Å². The molecular weight excluding hydrogens is 363 g/mol. The molecule has 2 aliphatic carbocycles. The molecule has 132 valence electrons. The molecule has 0 aromatic heterocycles. The summed E-state index contributed by atoms with van der Waals surface area (Å²) in [6.07, 6.45) is 3.17. The Morgan fingerprint density at radius 1 is 1.12 bits per heavy atom. The summed E-state index contributed by atoms with van der Waals surface area (Å²) in [7, 11) is 0. The van der Waals surface area contributed by atoms with Crippen molar-refractivity contribution in [2.75, 3.05) is 11.9 Å². The summed E-state index contributed by atoms with van der Waals surface area (Å²) in [5, 5.41) is 3.52. The average molecular weight is 381 g/mol. The second-order valence-corrected chi connectivity index (χ2v) is 7.98. The fraction of sp³-hybridized carbons (Fsp3) is 0.500. The van der Waals surface area contributed by atoms with Crippen LogP contribution in [-0.2, 0) is 14.4 Å². The molecule has 1 saturated heterocycles. The molecule has 1 aliphatic heterocycles. The monoisotopic (exact) mass is 380 g/mol. The number of imide groups is 1. The largest absolute Gasteiger partial charge is 0.325 e. The Morgan fingerprint density at radius 3 is 2.36 bits per heavy atom. The summed E-state index contributed by atoms with van der Waals surface area (Å²) < 4.78 is 0. The lowest BCUT2D eigenvalue weighted by Gasteiger charge is -2.19. The first-order valence-electron chi connectivity index (χ1n) is 8.56. The van der Waals surface area contributed by atoms with Crippen LogP contribution in [-0.4, -0.2) is 29.2 Å². The Hall–Kier alpha value is -1.59. The number of carbonyl (C=O) groups excluding carboxylic acids is 3. The van der Waals surface area contributed by atoms with Crippen molar-refractivity contribution in [3.05, 3.63) is 28.2 Å². The van der Waals surface area contributed by atoms with Crippen LogP contribution in [0.5, 0.6) is 0 Å². The standard InChI is InChI=1S/C18H18Cl2N2O3/c19-11-3-4-13(12(20)8-11)21-14(23)5-6-22-17(24)15-9-1-2-10(7-9)16(15)18(22)25/h3-4,8-10,15-16H,1-2,5-7H2,(H,21,23)/t9-,10-,15+,16+/m1/s1. The molecule has 2 saturated carbocycles. The van der Waals surface area contributed by atoms with Gasteiger partial charge in [-0.25, -0.2) is 0 Å². The van der Waals surface area contributed by atoms with Gasteiger partial charge in [0.15, 0.2) is 0 Å². The maximum absolute atomic E-state index is 12.6. The number of hydrogen-bond donors (Lipinski definition) is 1. The molecule has 5 nitrogen and oxygen atoms in total. The van der Waals surface area contributed by atoms with E-state index in [4.69, 9.17) is 23.2 Å². The highest BCUT2D eigenvalue weighted by molar-refractivity contribution is 6.36. The van der Waals surface area contributed by atoms with Crippen LogP contribution in [0, 0.1) is 23.7 Å². The van der Waals surface area contributed by atoms with Gasteiger partial charge >= 0.3 is 0 Å². The predicted molar refractivity (Wildman–Crippen MR) is 94.2 cm³/mol. The molecule has 7 heteroatoms. The van der Waals surface area contributed by atoms with Crippen LogP contribution in [0.1, 0.15) is 25.7 Å². The molecule has 4 atom stereocenters. The van der Waals surface area contributed by atoms with Crippen molar-refractivity contribution in [2.24, 2.45) is 23.7 Å². The molecule has 1 aromatic carbocycles. The lowest BCUT2D eigenvalue weighted by molar-refractivity contribution is -0.140. The van der Waals surface area contributed by atoms with Crippen LogP contribution >= 0.6 is 23.2 Å². The molecular formula is C18H18Cl2N2O3. The van der Waals surface area contributed by atoms with E-state index in [0.717, 1.165) is 19.3 Å². The summed E-state index contributed by atoms with van der Waals surface area (Å²) >= 11 is 11.9. The van der Waals surface area contributed by atoms with Crippen molar-refractivity contribution in [2.45, 2.75) is 25.7 Å². The lowest BCUT2D eigenvalue weighted by atomic mass is 9.81. The minimum atomic E-state index is -0.287. The van der Waals surface area contributed by atoms with Gasteiger partial charge < -0.3 is 5.32 Å². The molecule has 25 heavy (non-hydrogen) atoms. The van der Waals surface area contributed by atoms with E-state index in [1.807, 2.05) is 0 Å². The number of halogens is 2. The summed E-state index contributed by atoms with van der Waals surface area (Å²) in [5.41, 5.74) is 0.463. The predicted octanol–water partition coefficient (Wildman–Crippen LogP) is 3.35. The van der Waals surface area contributed by atoms with Gasteiger partial charge in [0.05, 0.1) is 22.5 Å². The molecule has 0 spiro atoms. The summed E-state index contributed by atoms with van der Waals surface area (Å²) in [5.74, 6) is -0.0137. The molecule has 3 fully saturated rings. The maximum atomic E-state index is 12.6. The molecule has 1 aromatic rings. The third kappa shape index (κ3) is 2.83. The quantitative estimate of drug-likeness (QED) is 0.814. The Kier molecular flexibility index (Phi) is 4.24. The molecule has 0 unspecified atom stereocenters. The van der Waals surface area contributed by atoms with Crippen molar-refractivity contribution < 1.29 is 14.4 Å². The van der Waals surface area contributed by atoms with Crippen LogP contribution in [0.15, 0.2) is 18.2 Å². The summed E-state index contributed by atoms with van der Waals surface area (Å²) in [6, 6.07) is 4.80. The number of nitrogens with one attached hydrogen (secondary N) is 1. The van der Waals surface area contributed by atoms with Gasteiger partial charge in [-0.1, -0.05) is 23.2 Å². The number of fused-ring (bicyclic) bond motifs is 5. The second-order valence-electron chi connectivity index (χ2n) is 7.14. The second kappa shape index (κ2) is 6.29. The van der Waals surface area contributed by atoms with E-state index in [2.05, 4.69) is 5.32 Å². The fourth-order valence-corrected chi connectivity index (χ4v) is 5.16. The number of rotatable bonds is 4. The number of anilines is 1. The van der Waals surface area contributed by atoms with Crippen LogP contribution in [0.4, 0.5) is 5.69 Å². The zero-order valence-electron chi connectivity index (χ0n) is 13.5. The van der Waals surface area contributed by atoms with Crippen molar-refractivity contribution in [1.29, 1.82) is 0 Å². The first-order chi connectivity index (χ1) is 12.0. The minimum Gasteiger partial charge on any atom is -0.325 e. The SMILES string of the molecule is O=C(CCN1C(=O)[C@H]2[C@@H]3CC[C@H](C3)[C@@H]2C1=O)Nc1ccc(Cl)cc1Cl. The van der Waals surface area contributed by atoms with Crippen molar-refractivity contribution in [3.63, 3.8) is 0 Å². The van der Waals surface area contributed by atoms with Crippen molar-refractivity contribution in [1.82, 2.24) is 4.90 Å². The molecule has 3 aliphatic rings. The number of amides is 3. The van der Waals surface area contributed by atoms with E-state index < -0.39 is 0 Å². The average Bonchev–Trinajstić information content (AvgIpc) is 3.23. The first-order valence-corrected chi connectivity index (χ1v) is 9.31. The van der Waals surface area contributed by atoms with Gasteiger partial charge in [-0.2, -0.15) is 0 Å². The smallest absolute Gasteiger partial charge is 0.233 e. The van der Waals surface area contributed by atoms with Gasteiger partial charge in [0, 0.05) is 18.0 Å². The van der Waals surface area contributed by atoms with E-state index in [0.29, 0.717) is 27.6 Å². The van der Waals surface area contributed by atoms with Crippen LogP contribution < -0.4 is 5.32 Å². The normalized spacial score (nSPS) is 30.1. The van der Waals surface area contributed by atoms with Gasteiger partial charge in [0.1, 0.15) is 0 Å². The number of nitrogens with zero attached hydrogens (tertiary/aromatic N) is 1. The highest BCUT2D eigenvalue weighted by Gasteiger charge is 2.60. The van der Waals surface area contributed by atoms with Crippen LogP contribution in [0.3, 0.4) is 0 Å². The molecule has 1 N–H and O–H groups in total. The van der Waals surface area contributed by atoms with E-state index >= 15 is 0 Å². The zero-order chi connectivity index (χ0) is 17.7. The van der Waals surface area contributed by atoms with Gasteiger partial charge in [-0.15, -0.1) is 0 Å². The molecule has 2 bridgehead atoms. The van der Waals surface area contributed by atoms with Gasteiger partial charge in [-0.3, -0.25) is 19.3 Å². The maximum Gasteiger partial charge on any atom is 0.233 e. The van der Waals surface area contributed by atoms with Crippen molar-refractivity contribution in [3.8, 4) is 0 Å². The van der Waals surface area contributed by atoms with E-state index in [9.17, 15) is 14.4 Å². The molecule has 1 heterocycles. The van der Waals surface area contributed by atoms with Crippen LogP contribution in [0.2, 0.25) is 10.0 Å². The highest BCUT2D eigenvalue weighted by atomic mass is 35.5. The van der Waals surface area contributed by atoms with E-state index in [1.165, 1.54) is 4.90 Å². The van der Waals surface area contributed by atoms with Gasteiger partial charge in [0.25, 0.3) is 0 Å². The third-order valence-corrected chi connectivity index (χ3v) is 6.33. The Labute approximate surface area is 155 Å². The van der Waals surface area contributed by atoms with Gasteiger partial charge in [0.2, 0.25) is 17.7 Å². The number of benzene rings is 1. The van der Waals surface area contributed by atoms with Crippen LogP contribution in [0.25, 0.3) is 0 Å². The molecule has 3 amide bonds. The molecule has 4 rings (SSSR count). The van der Waals surface area contributed by atoms with E-state index in [1.54, 1.807) is 18.2 Å². The number of hydrogen-bond acceptors (Lipinski definition) is 3. The van der Waals surface area contributed by atoms with Gasteiger partial charge in [-0.05, 0) is 49.3 Å². The lowest BCUT2D eigenvalue weighted by Crippen LogP contribution is -2.35. The Morgan fingerprint density at radius 2 is 1.76 bits per heavy atom. The first kappa shape index (κ1) is 16.9. The highest BCUT2D eigenvalue weighted by Crippen LogP contribution is 2.56. The summed E-state index contributed by atoms with van der Waals surface area (Å²) in [4.78, 5) is 38.6. The third-order valence-electron chi connectivity index (χ3n) is 5.79. The summed E-state index contributed by atoms with van der Waals surface area (Å²) in [6.45, 7) is 0.126. The zero-order valence-corrected chi connectivity index (χ0v) is 15.0. The molecule has 0 radical (unpaired) electrons. The fourth-order valence-electron chi connectivity index (χ4n) is 4.71. The minimum absolute atomic E-state index is 0.0607. The number of likely N-dealkylation sites (tertiary alicyclic amines) is 1. The Balaban J connectivity index is 1.37. The Bertz CT molecular complexity index is 739. The number of carbonyl (C=O) groups is 3.